The Morgan fingerprint density at radius 2 is 2.11 bits per heavy atom. The van der Waals surface area contributed by atoms with Crippen LogP contribution in [0, 0.1) is 21.4 Å². The Kier molecular flexibility index (Phi) is 5.67. The molecule has 0 atom stereocenters. The lowest BCUT2D eigenvalue weighted by Crippen LogP contribution is -2.12. The van der Waals surface area contributed by atoms with Crippen molar-refractivity contribution in [3.8, 4) is 6.07 Å². The molecule has 28 heavy (non-hydrogen) atoms. The molecule has 0 saturated carbocycles. The van der Waals surface area contributed by atoms with Crippen LogP contribution in [0.25, 0.3) is 10.9 Å². The highest BCUT2D eigenvalue weighted by Gasteiger charge is 2.20. The van der Waals surface area contributed by atoms with Gasteiger partial charge in [0.15, 0.2) is 0 Å². The molecule has 0 bridgehead atoms. The predicted molar refractivity (Wildman–Crippen MR) is 104 cm³/mol. The Balaban J connectivity index is 1.96. The van der Waals surface area contributed by atoms with Gasteiger partial charge in [-0.15, -0.1) is 0 Å². The fourth-order valence-electron chi connectivity index (χ4n) is 2.98. The largest absolute Gasteiger partial charge is 0.385 e. The minimum Gasteiger partial charge on any atom is -0.385 e. The van der Waals surface area contributed by atoms with Gasteiger partial charge >= 0.3 is 0 Å². The number of benzene rings is 2. The van der Waals surface area contributed by atoms with E-state index in [4.69, 9.17) is 4.74 Å². The second-order valence-corrected chi connectivity index (χ2v) is 6.11. The highest BCUT2D eigenvalue weighted by atomic mass is 16.6. The van der Waals surface area contributed by atoms with E-state index >= 15 is 0 Å². The molecule has 8 nitrogen and oxygen atoms in total. The molecule has 3 rings (SSSR count). The number of nitrogens with zero attached hydrogens (tertiary/aromatic N) is 3. The van der Waals surface area contributed by atoms with E-state index < -0.39 is 10.8 Å². The third kappa shape index (κ3) is 3.70. The standard InChI is InChI=1S/C20H18N4O4/c1-28-10-4-9-22-17-8-7-14(11-19(17)24(26)27)20(25)23-13-15(12-21)16-5-2-3-6-18(16)23/h2-3,5-8,11,13,22H,4,9-10H2,1H3. The molecule has 0 radical (unpaired) electrons. The fraction of sp³-hybridized carbons (Fsp3) is 0.200. The van der Waals surface area contributed by atoms with Crippen molar-refractivity contribution >= 4 is 28.2 Å². The molecular weight excluding hydrogens is 360 g/mol. The Bertz CT molecular complexity index is 1080. The Morgan fingerprint density at radius 3 is 2.82 bits per heavy atom. The average Bonchev–Trinajstić information content (AvgIpc) is 3.09. The summed E-state index contributed by atoms with van der Waals surface area (Å²) < 4.78 is 6.31. The van der Waals surface area contributed by atoms with E-state index in [1.165, 1.54) is 29.0 Å². The molecule has 1 N–H and O–H groups in total. The first kappa shape index (κ1) is 19.1. The van der Waals surface area contributed by atoms with Crippen molar-refractivity contribution in [1.29, 1.82) is 5.26 Å². The van der Waals surface area contributed by atoms with Crippen molar-refractivity contribution in [2.75, 3.05) is 25.6 Å². The third-order valence-corrected chi connectivity index (χ3v) is 4.33. The molecule has 2 aromatic carbocycles. The van der Waals surface area contributed by atoms with Crippen LogP contribution < -0.4 is 5.32 Å². The molecule has 0 aliphatic rings. The van der Waals surface area contributed by atoms with E-state index in [1.807, 2.05) is 0 Å². The second kappa shape index (κ2) is 8.33. The van der Waals surface area contributed by atoms with Gasteiger partial charge in [-0.1, -0.05) is 18.2 Å². The van der Waals surface area contributed by atoms with Gasteiger partial charge in [-0.2, -0.15) is 5.26 Å². The monoisotopic (exact) mass is 378 g/mol. The summed E-state index contributed by atoms with van der Waals surface area (Å²) in [4.78, 5) is 23.9. The molecule has 0 aliphatic carbocycles. The summed E-state index contributed by atoms with van der Waals surface area (Å²) in [5, 5.41) is 24.4. The zero-order valence-electron chi connectivity index (χ0n) is 15.2. The number of aromatic nitrogens is 1. The van der Waals surface area contributed by atoms with Crippen LogP contribution in [0.15, 0.2) is 48.7 Å². The lowest BCUT2D eigenvalue weighted by molar-refractivity contribution is -0.384. The average molecular weight is 378 g/mol. The van der Waals surface area contributed by atoms with E-state index in [9.17, 15) is 20.2 Å². The number of fused-ring (bicyclic) bond motifs is 1. The summed E-state index contributed by atoms with van der Waals surface area (Å²) in [5.74, 6) is -0.438. The van der Waals surface area contributed by atoms with Crippen LogP contribution in [0.3, 0.4) is 0 Å². The van der Waals surface area contributed by atoms with Crippen molar-refractivity contribution < 1.29 is 14.5 Å². The molecule has 3 aromatic rings. The van der Waals surface area contributed by atoms with Crippen molar-refractivity contribution in [3.05, 3.63) is 69.9 Å². The maximum Gasteiger partial charge on any atom is 0.293 e. The first-order valence-corrected chi connectivity index (χ1v) is 8.63. The molecule has 1 aromatic heterocycles. The summed E-state index contributed by atoms with van der Waals surface area (Å²) in [6.07, 6.45) is 2.15. The van der Waals surface area contributed by atoms with Gasteiger partial charge in [0.2, 0.25) is 0 Å². The van der Waals surface area contributed by atoms with Gasteiger partial charge in [0.05, 0.1) is 16.0 Å². The molecule has 0 amide bonds. The normalized spacial score (nSPS) is 10.6. The number of hydrogen-bond donors (Lipinski definition) is 1. The first-order valence-electron chi connectivity index (χ1n) is 8.63. The number of nitrogens with one attached hydrogen (secondary N) is 1. The van der Waals surface area contributed by atoms with Gasteiger partial charge in [-0.3, -0.25) is 19.5 Å². The lowest BCUT2D eigenvalue weighted by Gasteiger charge is -2.09. The molecule has 0 spiro atoms. The van der Waals surface area contributed by atoms with E-state index in [1.54, 1.807) is 31.4 Å². The lowest BCUT2D eigenvalue weighted by atomic mass is 10.1. The minimum absolute atomic E-state index is 0.166. The van der Waals surface area contributed by atoms with Gasteiger partial charge in [0.25, 0.3) is 11.6 Å². The number of para-hydroxylation sites is 1. The number of ether oxygens (including phenoxy) is 1. The minimum atomic E-state index is -0.524. The van der Waals surface area contributed by atoms with E-state index in [2.05, 4.69) is 11.4 Å². The number of anilines is 1. The van der Waals surface area contributed by atoms with E-state index in [0.717, 1.165) is 0 Å². The van der Waals surface area contributed by atoms with Crippen molar-refractivity contribution in [2.45, 2.75) is 6.42 Å². The molecule has 142 valence electrons. The summed E-state index contributed by atoms with van der Waals surface area (Å²) in [5.41, 5.74) is 1.27. The molecule has 0 saturated heterocycles. The summed E-state index contributed by atoms with van der Waals surface area (Å²) in [7, 11) is 1.59. The summed E-state index contributed by atoms with van der Waals surface area (Å²) in [6.45, 7) is 1.05. The molecule has 0 unspecified atom stereocenters. The molecule has 0 aliphatic heterocycles. The highest BCUT2D eigenvalue weighted by molar-refractivity contribution is 6.04. The maximum atomic E-state index is 13.0. The summed E-state index contributed by atoms with van der Waals surface area (Å²) in [6, 6.07) is 13.4. The number of methoxy groups -OCH3 is 1. The van der Waals surface area contributed by atoms with Crippen LogP contribution in [0.2, 0.25) is 0 Å². The zero-order chi connectivity index (χ0) is 20.1. The van der Waals surface area contributed by atoms with Crippen LogP contribution in [0.4, 0.5) is 11.4 Å². The fourth-order valence-corrected chi connectivity index (χ4v) is 2.98. The molecule has 1 heterocycles. The van der Waals surface area contributed by atoms with Crippen molar-refractivity contribution in [2.24, 2.45) is 0 Å². The molecular formula is C20H18N4O4. The summed E-state index contributed by atoms with van der Waals surface area (Å²) >= 11 is 0. The van der Waals surface area contributed by atoms with Gasteiger partial charge in [-0.25, -0.2) is 0 Å². The van der Waals surface area contributed by atoms with E-state index in [0.29, 0.717) is 41.7 Å². The highest BCUT2D eigenvalue weighted by Crippen LogP contribution is 2.27. The number of hydrogen-bond acceptors (Lipinski definition) is 6. The van der Waals surface area contributed by atoms with E-state index in [-0.39, 0.29) is 11.3 Å². The van der Waals surface area contributed by atoms with Crippen LogP contribution in [-0.4, -0.2) is 35.7 Å². The predicted octanol–water partition coefficient (Wildman–Crippen LogP) is 3.56. The Hall–Kier alpha value is -3.70. The number of nitro benzene ring substituents is 1. The number of nitro groups is 1. The maximum absolute atomic E-state index is 13.0. The number of carbonyl (C=O) groups excluding carboxylic acids is 1. The molecule has 0 fully saturated rings. The van der Waals surface area contributed by atoms with Crippen LogP contribution in [-0.2, 0) is 4.74 Å². The van der Waals surface area contributed by atoms with Crippen molar-refractivity contribution in [3.63, 3.8) is 0 Å². The number of nitriles is 1. The van der Waals surface area contributed by atoms with Gasteiger partial charge in [-0.05, 0) is 24.6 Å². The van der Waals surface area contributed by atoms with Gasteiger partial charge in [0.1, 0.15) is 11.8 Å². The van der Waals surface area contributed by atoms with Crippen LogP contribution in [0.5, 0.6) is 0 Å². The smallest absolute Gasteiger partial charge is 0.293 e. The number of rotatable bonds is 7. The van der Waals surface area contributed by atoms with Gasteiger partial charge in [0, 0.05) is 43.5 Å². The Morgan fingerprint density at radius 1 is 1.32 bits per heavy atom. The topological polar surface area (TPSA) is 110 Å². The third-order valence-electron chi connectivity index (χ3n) is 4.33. The Labute approximate surface area is 161 Å². The zero-order valence-corrected chi connectivity index (χ0v) is 15.2. The van der Waals surface area contributed by atoms with Crippen LogP contribution in [0.1, 0.15) is 22.3 Å². The SMILES string of the molecule is COCCCNc1ccc(C(=O)n2cc(C#N)c3ccccc32)cc1[N+](=O)[O-]. The first-order chi connectivity index (χ1) is 13.6. The van der Waals surface area contributed by atoms with Crippen LogP contribution >= 0.6 is 0 Å². The van der Waals surface area contributed by atoms with Gasteiger partial charge < -0.3 is 10.1 Å². The molecule has 8 heteroatoms. The quantitative estimate of drug-likeness (QED) is 0.382. The second-order valence-electron chi connectivity index (χ2n) is 6.11. The number of carbonyl (C=O) groups is 1. The van der Waals surface area contributed by atoms with Crippen molar-refractivity contribution in [1.82, 2.24) is 4.57 Å².